The van der Waals surface area contributed by atoms with E-state index in [9.17, 15) is 27.6 Å². The lowest BCUT2D eigenvalue weighted by molar-refractivity contribution is -0.141. The van der Waals surface area contributed by atoms with Crippen LogP contribution in [-0.2, 0) is 17.5 Å². The van der Waals surface area contributed by atoms with Gasteiger partial charge in [-0.2, -0.15) is 18.3 Å². The molecular formula is C26H22F3N7O3. The molecule has 10 nitrogen and oxygen atoms in total. The van der Waals surface area contributed by atoms with Gasteiger partial charge in [0, 0.05) is 61.4 Å². The largest absolute Gasteiger partial charge is 0.433 e. The van der Waals surface area contributed by atoms with Crippen LogP contribution in [0, 0.1) is 0 Å². The molecule has 1 saturated heterocycles. The zero-order chi connectivity index (χ0) is 27.6. The van der Waals surface area contributed by atoms with Gasteiger partial charge in [-0.25, -0.2) is 4.98 Å². The number of aromatic nitrogens is 4. The Morgan fingerprint density at radius 2 is 1.64 bits per heavy atom. The fraction of sp³-hybridized carbons (Fsp3) is 0.231. The van der Waals surface area contributed by atoms with E-state index in [1.54, 1.807) is 58.7 Å². The Morgan fingerprint density at radius 3 is 2.36 bits per heavy atom. The molecule has 39 heavy (non-hydrogen) atoms. The summed E-state index contributed by atoms with van der Waals surface area (Å²) in [4.78, 5) is 48.6. The first-order chi connectivity index (χ1) is 18.7. The highest BCUT2D eigenvalue weighted by atomic mass is 19.4. The van der Waals surface area contributed by atoms with Crippen molar-refractivity contribution in [1.29, 1.82) is 0 Å². The summed E-state index contributed by atoms with van der Waals surface area (Å²) in [6, 6.07) is 11.2. The SMILES string of the molecule is O=C(Nc1ccc2nn(CC(=O)N3CCN(C(=O)c4ccncc4)CC3)cc2c1)c1cccc(C(F)(F)F)n1. The van der Waals surface area contributed by atoms with Gasteiger partial charge in [-0.3, -0.25) is 24.0 Å². The highest BCUT2D eigenvalue weighted by Crippen LogP contribution is 2.27. The molecule has 4 aromatic rings. The van der Waals surface area contributed by atoms with Gasteiger partial charge in [-0.05, 0) is 42.5 Å². The van der Waals surface area contributed by atoms with Crippen LogP contribution in [0.15, 0.2) is 67.1 Å². The van der Waals surface area contributed by atoms with Gasteiger partial charge >= 0.3 is 6.18 Å². The average molecular weight is 538 g/mol. The van der Waals surface area contributed by atoms with E-state index in [0.29, 0.717) is 48.3 Å². The van der Waals surface area contributed by atoms with Crippen LogP contribution in [0.1, 0.15) is 26.5 Å². The number of halogens is 3. The monoisotopic (exact) mass is 537 g/mol. The van der Waals surface area contributed by atoms with Crippen LogP contribution in [-0.4, -0.2) is 73.4 Å². The third-order valence-corrected chi connectivity index (χ3v) is 6.23. The van der Waals surface area contributed by atoms with Crippen molar-refractivity contribution in [1.82, 2.24) is 29.5 Å². The van der Waals surface area contributed by atoms with Crippen LogP contribution in [0.4, 0.5) is 18.9 Å². The van der Waals surface area contributed by atoms with Crippen LogP contribution in [0.25, 0.3) is 10.9 Å². The van der Waals surface area contributed by atoms with Crippen molar-refractivity contribution in [2.24, 2.45) is 0 Å². The maximum Gasteiger partial charge on any atom is 0.433 e. The molecule has 1 fully saturated rings. The van der Waals surface area contributed by atoms with Crippen molar-refractivity contribution < 1.29 is 27.6 Å². The number of alkyl halides is 3. The van der Waals surface area contributed by atoms with Crippen molar-refractivity contribution >= 4 is 34.3 Å². The molecule has 0 spiro atoms. The molecule has 0 unspecified atom stereocenters. The minimum Gasteiger partial charge on any atom is -0.338 e. The summed E-state index contributed by atoms with van der Waals surface area (Å²) in [5.41, 5.74) is -0.0555. The van der Waals surface area contributed by atoms with Crippen molar-refractivity contribution in [3.63, 3.8) is 0 Å². The smallest absolute Gasteiger partial charge is 0.338 e. The Kier molecular flexibility index (Phi) is 6.96. The molecule has 0 saturated carbocycles. The van der Waals surface area contributed by atoms with Crippen molar-refractivity contribution in [3.8, 4) is 0 Å². The molecule has 0 atom stereocenters. The van der Waals surface area contributed by atoms with Crippen molar-refractivity contribution in [2.45, 2.75) is 12.7 Å². The number of carbonyl (C=O) groups excluding carboxylic acids is 3. The lowest BCUT2D eigenvalue weighted by Crippen LogP contribution is -2.51. The van der Waals surface area contributed by atoms with Crippen molar-refractivity contribution in [2.75, 3.05) is 31.5 Å². The Labute approximate surface area is 220 Å². The van der Waals surface area contributed by atoms with E-state index in [2.05, 4.69) is 20.4 Å². The molecule has 3 aromatic heterocycles. The third kappa shape index (κ3) is 5.87. The molecule has 13 heteroatoms. The maximum absolute atomic E-state index is 12.9. The molecule has 0 bridgehead atoms. The molecule has 1 aliphatic rings. The predicted octanol–water partition coefficient (Wildman–Crippen LogP) is 3.08. The summed E-state index contributed by atoms with van der Waals surface area (Å²) in [5, 5.41) is 7.57. The molecule has 1 N–H and O–H groups in total. The van der Waals surface area contributed by atoms with E-state index in [0.717, 1.165) is 12.1 Å². The molecule has 1 aromatic carbocycles. The molecular weight excluding hydrogens is 515 g/mol. The number of benzene rings is 1. The summed E-state index contributed by atoms with van der Waals surface area (Å²) in [7, 11) is 0. The van der Waals surface area contributed by atoms with E-state index >= 15 is 0 Å². The topological polar surface area (TPSA) is 113 Å². The van der Waals surface area contributed by atoms with Gasteiger partial charge in [0.15, 0.2) is 0 Å². The number of nitrogens with one attached hydrogen (secondary N) is 1. The van der Waals surface area contributed by atoms with Gasteiger partial charge in [0.25, 0.3) is 11.8 Å². The zero-order valence-electron chi connectivity index (χ0n) is 20.4. The van der Waals surface area contributed by atoms with Crippen LogP contribution in [0.5, 0.6) is 0 Å². The highest BCUT2D eigenvalue weighted by molar-refractivity contribution is 6.03. The number of hydrogen-bond acceptors (Lipinski definition) is 6. The van der Waals surface area contributed by atoms with Crippen LogP contribution < -0.4 is 5.32 Å². The van der Waals surface area contributed by atoms with E-state index in [4.69, 9.17) is 0 Å². The zero-order valence-corrected chi connectivity index (χ0v) is 20.4. The lowest BCUT2D eigenvalue weighted by atomic mass is 10.2. The second kappa shape index (κ2) is 10.5. The Bertz CT molecular complexity index is 1530. The minimum absolute atomic E-state index is 0.0111. The van der Waals surface area contributed by atoms with Gasteiger partial charge in [-0.15, -0.1) is 0 Å². The first kappa shape index (κ1) is 25.8. The fourth-order valence-electron chi connectivity index (χ4n) is 4.22. The normalized spacial score (nSPS) is 13.9. The van der Waals surface area contributed by atoms with Gasteiger partial charge in [-0.1, -0.05) is 6.07 Å². The average Bonchev–Trinajstić information content (AvgIpc) is 3.34. The van der Waals surface area contributed by atoms with Gasteiger partial charge < -0.3 is 15.1 Å². The molecule has 0 aliphatic carbocycles. The molecule has 1 aliphatic heterocycles. The number of amides is 3. The van der Waals surface area contributed by atoms with Crippen LogP contribution in [0.2, 0.25) is 0 Å². The summed E-state index contributed by atoms with van der Waals surface area (Å²) in [5.74, 6) is -1.04. The summed E-state index contributed by atoms with van der Waals surface area (Å²) in [6.07, 6.45) is 0.109. The van der Waals surface area contributed by atoms with Gasteiger partial charge in [0.1, 0.15) is 17.9 Å². The Hall–Kier alpha value is -4.81. The molecule has 3 amide bonds. The number of fused-ring (bicyclic) bond motifs is 1. The third-order valence-electron chi connectivity index (χ3n) is 6.23. The minimum atomic E-state index is -4.66. The predicted molar refractivity (Wildman–Crippen MR) is 134 cm³/mol. The fourth-order valence-corrected chi connectivity index (χ4v) is 4.22. The number of carbonyl (C=O) groups is 3. The lowest BCUT2D eigenvalue weighted by Gasteiger charge is -2.34. The summed E-state index contributed by atoms with van der Waals surface area (Å²) >= 11 is 0. The van der Waals surface area contributed by atoms with Crippen molar-refractivity contribution in [3.05, 3.63) is 84.1 Å². The van der Waals surface area contributed by atoms with E-state index in [-0.39, 0.29) is 24.1 Å². The van der Waals surface area contributed by atoms with Crippen LogP contribution >= 0.6 is 0 Å². The van der Waals surface area contributed by atoms with E-state index in [1.165, 1.54) is 10.7 Å². The number of anilines is 1. The quantitative estimate of drug-likeness (QED) is 0.419. The molecule has 200 valence electrons. The van der Waals surface area contributed by atoms with Crippen LogP contribution in [0.3, 0.4) is 0 Å². The number of pyridine rings is 2. The number of nitrogens with zero attached hydrogens (tertiary/aromatic N) is 6. The van der Waals surface area contributed by atoms with Gasteiger partial charge in [0.05, 0.1) is 5.52 Å². The Balaban J connectivity index is 1.19. The van der Waals surface area contributed by atoms with E-state index in [1.807, 2.05) is 0 Å². The van der Waals surface area contributed by atoms with Gasteiger partial charge in [0.2, 0.25) is 5.91 Å². The maximum atomic E-state index is 12.9. The number of hydrogen-bond donors (Lipinski definition) is 1. The summed E-state index contributed by atoms with van der Waals surface area (Å²) in [6.45, 7) is 1.62. The summed E-state index contributed by atoms with van der Waals surface area (Å²) < 4.78 is 40.2. The first-order valence-electron chi connectivity index (χ1n) is 12.0. The highest BCUT2D eigenvalue weighted by Gasteiger charge is 2.33. The van der Waals surface area contributed by atoms with E-state index < -0.39 is 17.8 Å². The molecule has 0 radical (unpaired) electrons. The molecule has 5 rings (SSSR count). The second-order valence-corrected chi connectivity index (χ2v) is 8.87. The second-order valence-electron chi connectivity index (χ2n) is 8.87. The number of rotatable bonds is 5. The first-order valence-corrected chi connectivity index (χ1v) is 12.0. The molecule has 4 heterocycles. The number of piperazine rings is 1. The Morgan fingerprint density at radius 1 is 0.923 bits per heavy atom. The standard InChI is InChI=1S/C26H22F3N7O3/c27-26(28,29)22-3-1-2-21(32-22)24(38)31-19-4-5-20-18(14-19)15-36(33-20)16-23(37)34-10-12-35(13-11-34)25(39)17-6-8-30-9-7-17/h1-9,14-15H,10-13,16H2,(H,31,38).